The van der Waals surface area contributed by atoms with Crippen LogP contribution in [0.25, 0.3) is 32.1 Å². The molecule has 0 fully saturated rings. The largest absolute Gasteiger partial charge is 0.367 e. The standard InChI is InChI=1S/C24H20N4OS/c29-24(27-13-12-26-23-20-6-1-2-7-22(20)30-28-23)19-5-3-4-16(15-19)17-8-9-21-18(14-17)10-11-25-21/h1-11,14-15,25H,12-13H2,(H,26,28)(H,27,29). The number of rotatable bonds is 6. The van der Waals surface area contributed by atoms with Gasteiger partial charge in [-0.1, -0.05) is 30.3 Å². The Morgan fingerprint density at radius 1 is 0.933 bits per heavy atom. The minimum atomic E-state index is -0.0792. The second-order valence-electron chi connectivity index (χ2n) is 7.07. The smallest absolute Gasteiger partial charge is 0.251 e. The second-order valence-corrected chi connectivity index (χ2v) is 7.88. The number of carbonyl (C=O) groups excluding carboxylic acids is 1. The van der Waals surface area contributed by atoms with Crippen molar-refractivity contribution in [2.45, 2.75) is 0 Å². The summed E-state index contributed by atoms with van der Waals surface area (Å²) >= 11 is 1.47. The first-order valence-corrected chi connectivity index (χ1v) is 10.6. The van der Waals surface area contributed by atoms with E-state index >= 15 is 0 Å². The number of benzene rings is 3. The van der Waals surface area contributed by atoms with E-state index in [9.17, 15) is 4.79 Å². The van der Waals surface area contributed by atoms with Crippen LogP contribution in [0.3, 0.4) is 0 Å². The first kappa shape index (κ1) is 18.4. The van der Waals surface area contributed by atoms with Gasteiger partial charge in [-0.05, 0) is 70.5 Å². The van der Waals surface area contributed by atoms with Crippen molar-refractivity contribution < 1.29 is 4.79 Å². The molecule has 0 saturated carbocycles. The summed E-state index contributed by atoms with van der Waals surface area (Å²) in [5.74, 6) is 0.788. The Kier molecular flexibility index (Phi) is 4.91. The molecule has 3 N–H and O–H groups in total. The van der Waals surface area contributed by atoms with Crippen molar-refractivity contribution in [2.75, 3.05) is 18.4 Å². The van der Waals surface area contributed by atoms with Crippen LogP contribution < -0.4 is 10.6 Å². The Morgan fingerprint density at radius 3 is 2.80 bits per heavy atom. The number of hydrogen-bond donors (Lipinski definition) is 3. The third-order valence-corrected chi connectivity index (χ3v) is 5.92. The summed E-state index contributed by atoms with van der Waals surface area (Å²) in [4.78, 5) is 15.8. The van der Waals surface area contributed by atoms with Crippen molar-refractivity contribution in [3.63, 3.8) is 0 Å². The van der Waals surface area contributed by atoms with Gasteiger partial charge in [-0.25, -0.2) is 0 Å². The van der Waals surface area contributed by atoms with Gasteiger partial charge in [0.05, 0.1) is 4.70 Å². The number of fused-ring (bicyclic) bond motifs is 2. The van der Waals surface area contributed by atoms with Crippen LogP contribution in [0.5, 0.6) is 0 Å². The van der Waals surface area contributed by atoms with E-state index in [0.29, 0.717) is 18.7 Å². The Bertz CT molecular complexity index is 1340. The van der Waals surface area contributed by atoms with Crippen LogP contribution in [0, 0.1) is 0 Å². The highest BCUT2D eigenvalue weighted by molar-refractivity contribution is 7.13. The SMILES string of the molecule is O=C(NCCNc1nsc2ccccc12)c1cccc(-c2ccc3[nH]ccc3c2)c1. The van der Waals surface area contributed by atoms with Gasteiger partial charge in [0.2, 0.25) is 0 Å². The van der Waals surface area contributed by atoms with Gasteiger partial charge in [0.1, 0.15) is 5.82 Å². The molecule has 2 aromatic heterocycles. The van der Waals surface area contributed by atoms with E-state index in [4.69, 9.17) is 0 Å². The van der Waals surface area contributed by atoms with Crippen LogP contribution in [0.2, 0.25) is 0 Å². The van der Waals surface area contributed by atoms with Crippen LogP contribution in [-0.4, -0.2) is 28.4 Å². The molecule has 0 saturated heterocycles. The number of aromatic amines is 1. The lowest BCUT2D eigenvalue weighted by Gasteiger charge is -2.08. The first-order chi connectivity index (χ1) is 14.8. The molecule has 0 unspecified atom stereocenters. The van der Waals surface area contributed by atoms with Gasteiger partial charge < -0.3 is 15.6 Å². The normalized spacial score (nSPS) is 11.1. The Morgan fingerprint density at radius 2 is 1.83 bits per heavy atom. The lowest BCUT2D eigenvalue weighted by atomic mass is 10.0. The zero-order chi connectivity index (χ0) is 20.3. The Hall–Kier alpha value is -3.64. The second kappa shape index (κ2) is 8.00. The number of aromatic nitrogens is 2. The van der Waals surface area contributed by atoms with Crippen molar-refractivity contribution in [1.29, 1.82) is 0 Å². The number of nitrogens with zero attached hydrogens (tertiary/aromatic N) is 1. The maximum Gasteiger partial charge on any atom is 0.251 e. The molecule has 2 heterocycles. The topological polar surface area (TPSA) is 69.8 Å². The average Bonchev–Trinajstić information content (AvgIpc) is 3.43. The van der Waals surface area contributed by atoms with Crippen molar-refractivity contribution in [1.82, 2.24) is 14.7 Å². The molecular weight excluding hydrogens is 392 g/mol. The first-order valence-electron chi connectivity index (χ1n) is 9.82. The molecule has 1 amide bonds. The molecule has 0 spiro atoms. The highest BCUT2D eigenvalue weighted by atomic mass is 32.1. The van der Waals surface area contributed by atoms with Crippen LogP contribution in [0.15, 0.2) is 79.0 Å². The van der Waals surface area contributed by atoms with E-state index in [0.717, 1.165) is 37.9 Å². The minimum Gasteiger partial charge on any atom is -0.367 e. The van der Waals surface area contributed by atoms with Crippen molar-refractivity contribution in [3.8, 4) is 11.1 Å². The molecule has 0 aliphatic rings. The molecule has 0 bridgehead atoms. The molecule has 0 atom stereocenters. The fraction of sp³-hybridized carbons (Fsp3) is 0.0833. The quantitative estimate of drug-likeness (QED) is 0.332. The fourth-order valence-corrected chi connectivity index (χ4v) is 4.30. The molecular formula is C24H20N4OS. The van der Waals surface area contributed by atoms with E-state index in [1.165, 1.54) is 11.5 Å². The van der Waals surface area contributed by atoms with Crippen molar-refractivity contribution in [2.24, 2.45) is 0 Å². The van der Waals surface area contributed by atoms with E-state index < -0.39 is 0 Å². The van der Waals surface area contributed by atoms with Crippen molar-refractivity contribution in [3.05, 3.63) is 84.6 Å². The number of nitrogens with one attached hydrogen (secondary N) is 3. The van der Waals surface area contributed by atoms with Gasteiger partial charge in [-0.3, -0.25) is 4.79 Å². The molecule has 5 aromatic rings. The molecule has 5 rings (SSSR count). The van der Waals surface area contributed by atoms with Crippen LogP contribution in [0.4, 0.5) is 5.82 Å². The van der Waals surface area contributed by atoms with Crippen molar-refractivity contribution >= 4 is 44.2 Å². The summed E-state index contributed by atoms with van der Waals surface area (Å²) in [5, 5.41) is 8.56. The summed E-state index contributed by atoms with van der Waals surface area (Å²) in [5.41, 5.74) is 3.88. The van der Waals surface area contributed by atoms with Crippen LogP contribution in [-0.2, 0) is 0 Å². The summed E-state index contributed by atoms with van der Waals surface area (Å²) in [6, 6.07) is 24.2. The van der Waals surface area contributed by atoms with E-state index in [2.05, 4.69) is 50.3 Å². The lowest BCUT2D eigenvalue weighted by Crippen LogP contribution is -2.28. The van der Waals surface area contributed by atoms with Gasteiger partial charge in [0.25, 0.3) is 5.91 Å². The van der Waals surface area contributed by atoms with Gasteiger partial charge in [-0.15, -0.1) is 0 Å². The van der Waals surface area contributed by atoms with Crippen LogP contribution in [0.1, 0.15) is 10.4 Å². The number of H-pyrrole nitrogens is 1. The van der Waals surface area contributed by atoms with E-state index in [1.807, 2.05) is 48.7 Å². The summed E-state index contributed by atoms with van der Waals surface area (Å²) < 4.78 is 5.60. The van der Waals surface area contributed by atoms with Gasteiger partial charge in [0.15, 0.2) is 0 Å². The lowest BCUT2D eigenvalue weighted by molar-refractivity contribution is 0.0955. The monoisotopic (exact) mass is 412 g/mol. The summed E-state index contributed by atoms with van der Waals surface area (Å²) in [7, 11) is 0. The molecule has 0 aliphatic heterocycles. The number of hydrogen-bond acceptors (Lipinski definition) is 4. The Balaban J connectivity index is 1.22. The summed E-state index contributed by atoms with van der Waals surface area (Å²) in [6.07, 6.45) is 1.93. The van der Waals surface area contributed by atoms with E-state index in [-0.39, 0.29) is 5.91 Å². The molecule has 30 heavy (non-hydrogen) atoms. The average molecular weight is 413 g/mol. The highest BCUT2D eigenvalue weighted by Crippen LogP contribution is 2.26. The maximum atomic E-state index is 12.6. The highest BCUT2D eigenvalue weighted by Gasteiger charge is 2.08. The number of amides is 1. The van der Waals surface area contributed by atoms with Crippen LogP contribution >= 0.6 is 11.5 Å². The molecule has 5 nitrogen and oxygen atoms in total. The maximum absolute atomic E-state index is 12.6. The minimum absolute atomic E-state index is 0.0792. The zero-order valence-corrected chi connectivity index (χ0v) is 17.0. The van der Waals surface area contributed by atoms with E-state index in [1.54, 1.807) is 0 Å². The third-order valence-electron chi connectivity index (χ3n) is 5.09. The molecule has 3 aromatic carbocycles. The van der Waals surface area contributed by atoms with Gasteiger partial charge in [-0.2, -0.15) is 4.37 Å². The molecule has 148 valence electrons. The van der Waals surface area contributed by atoms with Gasteiger partial charge in [0, 0.05) is 35.8 Å². The molecule has 0 radical (unpaired) electrons. The zero-order valence-electron chi connectivity index (χ0n) is 16.2. The Labute approximate surface area is 177 Å². The third kappa shape index (κ3) is 3.65. The summed E-state index contributed by atoms with van der Waals surface area (Å²) in [6.45, 7) is 1.13. The number of carbonyl (C=O) groups is 1. The molecule has 6 heteroatoms. The fourth-order valence-electron chi connectivity index (χ4n) is 3.55. The van der Waals surface area contributed by atoms with Gasteiger partial charge >= 0.3 is 0 Å². The number of anilines is 1. The predicted octanol–water partition coefficient (Wildman–Crippen LogP) is 5.29. The predicted molar refractivity (Wildman–Crippen MR) is 124 cm³/mol. The molecule has 0 aliphatic carbocycles.